The second kappa shape index (κ2) is 15.5. The maximum absolute atomic E-state index is 13.4. The number of dihydropyridines is 1. The standard InChI is InChI=1S/C34H37N3O7/c1-23-30(33(38)42-3)32(27-11-7-12-29(21-27)37(40)41)31(24(2)36-23)34(39)44-20-17-25-13-15-28(16-14-25)35-18-8-19-43-22-26-9-5-4-6-10-26/h4-7,9-16,21,32,35-36H,8,17-20,22H2,1-3H3. The smallest absolute Gasteiger partial charge is 0.336 e. The van der Waals surface area contributed by atoms with Crippen molar-refractivity contribution in [3.8, 4) is 0 Å². The molecule has 1 aliphatic heterocycles. The van der Waals surface area contributed by atoms with Crippen LogP contribution in [-0.4, -0.2) is 43.7 Å². The van der Waals surface area contributed by atoms with Crippen LogP contribution in [0, 0.1) is 10.1 Å². The summed E-state index contributed by atoms with van der Waals surface area (Å²) in [4.78, 5) is 37.2. The number of anilines is 1. The van der Waals surface area contributed by atoms with E-state index in [1.165, 1.54) is 25.3 Å². The Morgan fingerprint density at radius 1 is 0.886 bits per heavy atom. The van der Waals surface area contributed by atoms with Gasteiger partial charge in [-0.05, 0) is 49.1 Å². The van der Waals surface area contributed by atoms with Crippen molar-refractivity contribution in [2.45, 2.75) is 39.2 Å². The number of benzene rings is 3. The van der Waals surface area contributed by atoms with Gasteiger partial charge in [-0.25, -0.2) is 9.59 Å². The highest BCUT2D eigenvalue weighted by Gasteiger charge is 2.38. The van der Waals surface area contributed by atoms with Crippen molar-refractivity contribution in [2.24, 2.45) is 0 Å². The lowest BCUT2D eigenvalue weighted by atomic mass is 9.80. The normalized spacial score (nSPS) is 14.6. The van der Waals surface area contributed by atoms with Crippen molar-refractivity contribution in [1.29, 1.82) is 0 Å². The zero-order valence-corrected chi connectivity index (χ0v) is 25.1. The highest BCUT2D eigenvalue weighted by Crippen LogP contribution is 2.40. The lowest BCUT2D eigenvalue weighted by Gasteiger charge is -2.30. The number of esters is 2. The molecule has 1 aliphatic rings. The van der Waals surface area contributed by atoms with Crippen molar-refractivity contribution < 1.29 is 28.7 Å². The molecule has 0 saturated heterocycles. The summed E-state index contributed by atoms with van der Waals surface area (Å²) in [5, 5.41) is 17.9. The molecule has 0 fully saturated rings. The molecule has 0 amide bonds. The molecule has 1 heterocycles. The number of hydrogen-bond donors (Lipinski definition) is 2. The van der Waals surface area contributed by atoms with Crippen LogP contribution in [-0.2, 0) is 36.8 Å². The van der Waals surface area contributed by atoms with Crippen LogP contribution in [0.1, 0.15) is 42.9 Å². The van der Waals surface area contributed by atoms with Gasteiger partial charge in [-0.15, -0.1) is 0 Å². The molecular formula is C34H37N3O7. The van der Waals surface area contributed by atoms with Gasteiger partial charge in [0.05, 0.1) is 42.3 Å². The zero-order valence-electron chi connectivity index (χ0n) is 25.1. The third-order valence-electron chi connectivity index (χ3n) is 7.28. The number of ether oxygens (including phenoxy) is 3. The molecule has 0 spiro atoms. The molecular weight excluding hydrogens is 562 g/mol. The molecule has 2 N–H and O–H groups in total. The average Bonchev–Trinajstić information content (AvgIpc) is 3.03. The second-order valence-electron chi connectivity index (χ2n) is 10.4. The first kappa shape index (κ1) is 32.0. The van der Waals surface area contributed by atoms with E-state index in [4.69, 9.17) is 14.2 Å². The molecule has 44 heavy (non-hydrogen) atoms. The molecule has 230 valence electrons. The number of nitro benzene ring substituents is 1. The van der Waals surface area contributed by atoms with Gasteiger partial charge in [-0.1, -0.05) is 54.6 Å². The van der Waals surface area contributed by atoms with Crippen LogP contribution in [0.25, 0.3) is 0 Å². The van der Waals surface area contributed by atoms with E-state index in [0.717, 1.165) is 29.8 Å². The van der Waals surface area contributed by atoms with Gasteiger partial charge >= 0.3 is 11.9 Å². The monoisotopic (exact) mass is 599 g/mol. The van der Waals surface area contributed by atoms with E-state index in [1.54, 1.807) is 19.9 Å². The number of nitrogens with zero attached hydrogens (tertiary/aromatic N) is 1. The number of methoxy groups -OCH3 is 1. The van der Waals surface area contributed by atoms with Gasteiger partial charge in [0.1, 0.15) is 0 Å². The van der Waals surface area contributed by atoms with E-state index in [2.05, 4.69) is 10.6 Å². The minimum absolute atomic E-state index is 0.110. The number of allylic oxidation sites excluding steroid dienone is 2. The quantitative estimate of drug-likeness (QED) is 0.102. The number of non-ortho nitro benzene ring substituents is 1. The van der Waals surface area contributed by atoms with Crippen LogP contribution >= 0.6 is 0 Å². The van der Waals surface area contributed by atoms with Crippen molar-refractivity contribution in [3.05, 3.63) is 128 Å². The molecule has 0 aliphatic carbocycles. The second-order valence-corrected chi connectivity index (χ2v) is 10.4. The molecule has 1 unspecified atom stereocenters. The summed E-state index contributed by atoms with van der Waals surface area (Å²) in [6.07, 6.45) is 1.36. The Morgan fingerprint density at radius 2 is 1.59 bits per heavy atom. The predicted octanol–water partition coefficient (Wildman–Crippen LogP) is 5.81. The van der Waals surface area contributed by atoms with Crippen molar-refractivity contribution in [2.75, 3.05) is 32.2 Å². The van der Waals surface area contributed by atoms with Gasteiger partial charge in [0.15, 0.2) is 0 Å². The predicted molar refractivity (Wildman–Crippen MR) is 167 cm³/mol. The summed E-state index contributed by atoms with van der Waals surface area (Å²) < 4.78 is 16.4. The average molecular weight is 600 g/mol. The number of carbonyl (C=O) groups is 2. The van der Waals surface area contributed by atoms with Crippen LogP contribution in [0.4, 0.5) is 11.4 Å². The minimum Gasteiger partial charge on any atom is -0.466 e. The number of nitro groups is 1. The molecule has 0 bridgehead atoms. The maximum Gasteiger partial charge on any atom is 0.336 e. The van der Waals surface area contributed by atoms with E-state index in [9.17, 15) is 19.7 Å². The molecule has 4 rings (SSSR count). The lowest BCUT2D eigenvalue weighted by molar-refractivity contribution is -0.384. The minimum atomic E-state index is -0.898. The number of carbonyl (C=O) groups excluding carboxylic acids is 2. The summed E-state index contributed by atoms with van der Waals surface area (Å²) in [7, 11) is 1.25. The molecule has 3 aromatic carbocycles. The highest BCUT2D eigenvalue weighted by atomic mass is 16.6. The van der Waals surface area contributed by atoms with E-state index in [0.29, 0.717) is 36.6 Å². The lowest BCUT2D eigenvalue weighted by Crippen LogP contribution is -2.32. The molecule has 1 atom stereocenters. The van der Waals surface area contributed by atoms with Crippen LogP contribution < -0.4 is 10.6 Å². The first-order chi connectivity index (χ1) is 21.3. The zero-order chi connectivity index (χ0) is 31.5. The Bertz CT molecular complexity index is 1530. The van der Waals surface area contributed by atoms with Gasteiger partial charge in [0.2, 0.25) is 0 Å². The van der Waals surface area contributed by atoms with Crippen LogP contribution in [0.15, 0.2) is 101 Å². The van der Waals surface area contributed by atoms with Gasteiger partial charge in [-0.2, -0.15) is 0 Å². The fraction of sp³-hybridized carbons (Fsp3) is 0.294. The molecule has 0 radical (unpaired) electrons. The number of hydrogen-bond acceptors (Lipinski definition) is 9. The third-order valence-corrected chi connectivity index (χ3v) is 7.28. The van der Waals surface area contributed by atoms with E-state index in [-0.39, 0.29) is 23.4 Å². The number of nitrogens with one attached hydrogen (secondary N) is 2. The first-order valence-corrected chi connectivity index (χ1v) is 14.4. The van der Waals surface area contributed by atoms with Crippen molar-refractivity contribution in [3.63, 3.8) is 0 Å². The van der Waals surface area contributed by atoms with Crippen molar-refractivity contribution in [1.82, 2.24) is 5.32 Å². The molecule has 0 saturated carbocycles. The van der Waals surface area contributed by atoms with Crippen LogP contribution in [0.3, 0.4) is 0 Å². The van der Waals surface area contributed by atoms with Crippen LogP contribution in [0.2, 0.25) is 0 Å². The summed E-state index contributed by atoms with van der Waals surface area (Å²) in [6, 6.07) is 23.9. The summed E-state index contributed by atoms with van der Waals surface area (Å²) in [5.41, 5.74) is 4.78. The van der Waals surface area contributed by atoms with Crippen LogP contribution in [0.5, 0.6) is 0 Å². The van der Waals surface area contributed by atoms with Gasteiger partial charge in [0.25, 0.3) is 5.69 Å². The van der Waals surface area contributed by atoms with Crippen molar-refractivity contribution >= 4 is 23.3 Å². The Balaban J connectivity index is 1.33. The third kappa shape index (κ3) is 8.32. The van der Waals surface area contributed by atoms with E-state index in [1.807, 2.05) is 54.6 Å². The molecule has 3 aromatic rings. The Morgan fingerprint density at radius 3 is 2.27 bits per heavy atom. The number of rotatable bonds is 14. The Hall–Kier alpha value is -4.96. The molecule has 10 heteroatoms. The topological polar surface area (TPSA) is 129 Å². The summed E-state index contributed by atoms with van der Waals surface area (Å²) in [6.45, 7) is 5.56. The Labute approximate surface area is 256 Å². The maximum atomic E-state index is 13.4. The first-order valence-electron chi connectivity index (χ1n) is 14.4. The SMILES string of the molecule is COC(=O)C1=C(C)NC(C)=C(C(=O)OCCc2ccc(NCCCOCc3ccccc3)cc2)C1c1cccc([N+](=O)[O-])c1. The fourth-order valence-electron chi connectivity index (χ4n) is 5.10. The summed E-state index contributed by atoms with van der Waals surface area (Å²) >= 11 is 0. The highest BCUT2D eigenvalue weighted by molar-refractivity contribution is 5.99. The Kier molecular flexibility index (Phi) is 11.3. The largest absolute Gasteiger partial charge is 0.466 e. The summed E-state index contributed by atoms with van der Waals surface area (Å²) in [5.74, 6) is -2.16. The fourth-order valence-corrected chi connectivity index (χ4v) is 5.10. The van der Waals surface area contributed by atoms with E-state index >= 15 is 0 Å². The van der Waals surface area contributed by atoms with E-state index < -0.39 is 22.8 Å². The van der Waals surface area contributed by atoms with Gasteiger partial charge in [-0.3, -0.25) is 10.1 Å². The van der Waals surface area contributed by atoms with Gasteiger partial charge in [0, 0.05) is 48.8 Å². The van der Waals surface area contributed by atoms with Gasteiger partial charge < -0.3 is 24.8 Å². The molecule has 0 aromatic heterocycles. The molecule has 10 nitrogen and oxygen atoms in total.